The lowest BCUT2D eigenvalue weighted by molar-refractivity contribution is -0.120. The first kappa shape index (κ1) is 17.8. The Morgan fingerprint density at radius 3 is 2.62 bits per heavy atom. The molecule has 1 saturated carbocycles. The number of hydrogen-bond donors (Lipinski definition) is 0. The third-order valence-electron chi connectivity index (χ3n) is 5.94. The zero-order valence-electron chi connectivity index (χ0n) is 16.6. The topological polar surface area (TPSA) is 80.0 Å². The largest absolute Gasteiger partial charge is 0.340 e. The second-order valence-corrected chi connectivity index (χ2v) is 7.55. The lowest BCUT2D eigenvalue weighted by Crippen LogP contribution is -2.57. The van der Waals surface area contributed by atoms with Crippen LogP contribution in [0.2, 0.25) is 0 Å². The molecule has 0 spiro atoms. The summed E-state index contributed by atoms with van der Waals surface area (Å²) in [5, 5.41) is 0. The summed E-state index contributed by atoms with van der Waals surface area (Å²) < 4.78 is 1.88. The van der Waals surface area contributed by atoms with Crippen molar-refractivity contribution in [2.45, 2.75) is 44.7 Å². The summed E-state index contributed by atoms with van der Waals surface area (Å²) in [6, 6.07) is 4.01. The van der Waals surface area contributed by atoms with E-state index in [2.05, 4.69) is 26.8 Å². The van der Waals surface area contributed by atoms with E-state index >= 15 is 0 Å². The average Bonchev–Trinajstić information content (AvgIpc) is 3.21. The Bertz CT molecular complexity index is 1040. The summed E-state index contributed by atoms with van der Waals surface area (Å²) >= 11 is 0. The van der Waals surface area contributed by atoms with E-state index in [0.29, 0.717) is 12.0 Å². The fourth-order valence-electron chi connectivity index (χ4n) is 4.15. The van der Waals surface area contributed by atoms with Gasteiger partial charge in [0.25, 0.3) is 0 Å². The summed E-state index contributed by atoms with van der Waals surface area (Å²) in [5.41, 5.74) is 1.71. The van der Waals surface area contributed by atoms with Crippen LogP contribution in [-0.2, 0) is 4.79 Å². The van der Waals surface area contributed by atoms with Crippen molar-refractivity contribution in [3.05, 3.63) is 43.1 Å². The minimum atomic E-state index is -0.178. The minimum absolute atomic E-state index is 0.114. The molecule has 1 fully saturated rings. The maximum Gasteiger partial charge on any atom is 0.249 e. The van der Waals surface area contributed by atoms with E-state index in [-0.39, 0.29) is 11.9 Å². The van der Waals surface area contributed by atoms with Crippen molar-refractivity contribution in [2.24, 2.45) is 0 Å². The molecular formula is C21H23N7O. The van der Waals surface area contributed by atoms with Crippen molar-refractivity contribution >= 4 is 17.4 Å². The number of hydrogen-bond acceptors (Lipinski definition) is 6. The predicted molar refractivity (Wildman–Crippen MR) is 110 cm³/mol. The number of carbonyl (C=O) groups is 1. The number of imidazole rings is 1. The predicted octanol–water partition coefficient (Wildman–Crippen LogP) is 2.84. The Morgan fingerprint density at radius 2 is 1.93 bits per heavy atom. The molecule has 1 atom stereocenters. The van der Waals surface area contributed by atoms with Crippen molar-refractivity contribution in [1.82, 2.24) is 24.5 Å². The summed E-state index contributed by atoms with van der Waals surface area (Å²) in [6.45, 7) is 2.06. The second-order valence-electron chi connectivity index (χ2n) is 7.55. The van der Waals surface area contributed by atoms with Crippen molar-refractivity contribution in [1.29, 1.82) is 0 Å². The zero-order valence-corrected chi connectivity index (χ0v) is 16.6. The summed E-state index contributed by atoms with van der Waals surface area (Å²) in [7, 11) is 1.81. The van der Waals surface area contributed by atoms with Crippen LogP contribution in [0.5, 0.6) is 0 Å². The molecule has 1 aliphatic carbocycles. The molecule has 8 heteroatoms. The first-order chi connectivity index (χ1) is 14.2. The molecule has 3 aromatic heterocycles. The van der Waals surface area contributed by atoms with Gasteiger partial charge in [-0.1, -0.05) is 6.92 Å². The fraction of sp³-hybridized carbons (Fsp3) is 0.381. The maximum absolute atomic E-state index is 12.9. The van der Waals surface area contributed by atoms with Crippen LogP contribution < -0.4 is 9.80 Å². The molecule has 8 nitrogen and oxygen atoms in total. The van der Waals surface area contributed by atoms with Gasteiger partial charge in [-0.05, 0) is 37.8 Å². The van der Waals surface area contributed by atoms with Gasteiger partial charge in [0.1, 0.15) is 17.6 Å². The van der Waals surface area contributed by atoms with Crippen molar-refractivity contribution in [3.63, 3.8) is 0 Å². The Balaban J connectivity index is 1.63. The standard InChI is InChI=1S/C21H23N7O/c1-3-16-20(29)26(2)17-13-24-21(25-19(17)28(16)15-5-4-6-15)27-12-11-23-18(27)14-7-9-22-10-8-14/h7-13,15-16H,3-6H2,1-2H3. The number of anilines is 2. The van der Waals surface area contributed by atoms with Crippen LogP contribution in [-0.4, -0.2) is 49.5 Å². The molecule has 148 valence electrons. The molecule has 29 heavy (non-hydrogen) atoms. The minimum Gasteiger partial charge on any atom is -0.340 e. The van der Waals surface area contributed by atoms with Gasteiger partial charge in [0.2, 0.25) is 11.9 Å². The van der Waals surface area contributed by atoms with Gasteiger partial charge in [-0.3, -0.25) is 14.3 Å². The number of amides is 1. The van der Waals surface area contributed by atoms with E-state index in [9.17, 15) is 4.79 Å². The van der Waals surface area contributed by atoms with Crippen LogP contribution in [0.4, 0.5) is 11.5 Å². The van der Waals surface area contributed by atoms with Crippen LogP contribution >= 0.6 is 0 Å². The van der Waals surface area contributed by atoms with Gasteiger partial charge in [-0.15, -0.1) is 0 Å². The van der Waals surface area contributed by atoms with Crippen LogP contribution in [0.3, 0.4) is 0 Å². The van der Waals surface area contributed by atoms with Crippen LogP contribution in [0, 0.1) is 0 Å². The smallest absolute Gasteiger partial charge is 0.249 e. The molecule has 0 radical (unpaired) electrons. The van der Waals surface area contributed by atoms with E-state index in [1.807, 2.05) is 29.9 Å². The number of carbonyl (C=O) groups excluding carboxylic acids is 1. The van der Waals surface area contributed by atoms with E-state index in [1.54, 1.807) is 29.7 Å². The van der Waals surface area contributed by atoms with E-state index in [0.717, 1.165) is 42.2 Å². The van der Waals surface area contributed by atoms with Gasteiger partial charge < -0.3 is 9.80 Å². The molecule has 2 aliphatic rings. The van der Waals surface area contributed by atoms with Crippen molar-refractivity contribution < 1.29 is 4.79 Å². The number of nitrogens with zero attached hydrogens (tertiary/aromatic N) is 7. The molecular weight excluding hydrogens is 366 g/mol. The van der Waals surface area contributed by atoms with Gasteiger partial charge in [-0.25, -0.2) is 9.97 Å². The normalized spacial score (nSPS) is 19.2. The average molecular weight is 389 g/mol. The number of rotatable bonds is 4. The highest BCUT2D eigenvalue weighted by molar-refractivity contribution is 6.04. The molecule has 1 unspecified atom stereocenters. The summed E-state index contributed by atoms with van der Waals surface area (Å²) in [6.07, 6.45) is 13.0. The lowest BCUT2D eigenvalue weighted by Gasteiger charge is -2.47. The molecule has 5 rings (SSSR count). The maximum atomic E-state index is 12.9. The molecule has 0 N–H and O–H groups in total. The molecule has 0 aromatic carbocycles. The first-order valence-electron chi connectivity index (χ1n) is 10.1. The Kier molecular flexibility index (Phi) is 4.26. The van der Waals surface area contributed by atoms with Crippen molar-refractivity contribution in [2.75, 3.05) is 16.8 Å². The first-order valence-corrected chi connectivity index (χ1v) is 10.1. The monoisotopic (exact) mass is 389 g/mol. The molecule has 1 amide bonds. The number of aromatic nitrogens is 5. The molecule has 3 aromatic rings. The number of likely N-dealkylation sites (N-methyl/N-ethyl adjacent to an activating group) is 1. The van der Waals surface area contributed by atoms with Gasteiger partial charge in [0.05, 0.1) is 6.20 Å². The summed E-state index contributed by atoms with van der Waals surface area (Å²) in [5.74, 6) is 2.26. The Morgan fingerprint density at radius 1 is 1.14 bits per heavy atom. The number of fused-ring (bicyclic) bond motifs is 1. The summed E-state index contributed by atoms with van der Waals surface area (Å²) in [4.78, 5) is 34.9. The quantitative estimate of drug-likeness (QED) is 0.683. The van der Waals surface area contributed by atoms with Crippen LogP contribution in [0.25, 0.3) is 17.3 Å². The third-order valence-corrected chi connectivity index (χ3v) is 5.94. The van der Waals surface area contributed by atoms with E-state index in [4.69, 9.17) is 4.98 Å². The van der Waals surface area contributed by atoms with Gasteiger partial charge in [0.15, 0.2) is 5.82 Å². The Labute approximate surface area is 169 Å². The molecule has 4 heterocycles. The number of pyridine rings is 1. The van der Waals surface area contributed by atoms with Crippen LogP contribution in [0.15, 0.2) is 43.1 Å². The second kappa shape index (κ2) is 6.95. The van der Waals surface area contributed by atoms with Gasteiger partial charge >= 0.3 is 0 Å². The highest BCUT2D eigenvalue weighted by atomic mass is 16.2. The fourth-order valence-corrected chi connectivity index (χ4v) is 4.15. The van der Waals surface area contributed by atoms with E-state index < -0.39 is 0 Å². The highest BCUT2D eigenvalue weighted by Crippen LogP contribution is 2.40. The SMILES string of the molecule is CCC1C(=O)N(C)c2cnc(-n3ccnc3-c3ccncc3)nc2N1C1CCC1. The molecule has 1 aliphatic heterocycles. The zero-order chi connectivity index (χ0) is 20.0. The molecule has 0 bridgehead atoms. The van der Waals surface area contributed by atoms with Gasteiger partial charge in [0, 0.05) is 43.4 Å². The Hall–Kier alpha value is -3.29. The van der Waals surface area contributed by atoms with E-state index in [1.165, 1.54) is 6.42 Å². The van der Waals surface area contributed by atoms with Gasteiger partial charge in [-0.2, -0.15) is 4.98 Å². The van der Waals surface area contributed by atoms with Crippen LogP contribution in [0.1, 0.15) is 32.6 Å². The van der Waals surface area contributed by atoms with Crippen molar-refractivity contribution in [3.8, 4) is 17.3 Å². The lowest BCUT2D eigenvalue weighted by atomic mass is 9.88. The highest BCUT2D eigenvalue weighted by Gasteiger charge is 2.42. The molecule has 0 saturated heterocycles. The third kappa shape index (κ3) is 2.78.